The van der Waals surface area contributed by atoms with E-state index in [4.69, 9.17) is 5.73 Å². The Hall–Kier alpha value is -0.370. The van der Waals surface area contributed by atoms with Crippen molar-refractivity contribution in [2.24, 2.45) is 17.1 Å². The lowest BCUT2D eigenvalue weighted by Gasteiger charge is -2.35. The van der Waals surface area contributed by atoms with Crippen LogP contribution in [-0.4, -0.2) is 11.8 Å². The maximum Gasteiger partial charge on any atom is 0.141 e. The summed E-state index contributed by atoms with van der Waals surface area (Å²) >= 11 is 0. The first-order chi connectivity index (χ1) is 4.91. The van der Waals surface area contributed by atoms with Crippen LogP contribution in [0.25, 0.3) is 0 Å². The molecule has 1 saturated carbocycles. The Bertz CT molecular complexity index is 163. The molecule has 0 bridgehead atoms. The molecule has 0 aliphatic heterocycles. The molecule has 0 radical (unpaired) electrons. The smallest absolute Gasteiger partial charge is 0.141 e. The third-order valence-corrected chi connectivity index (χ3v) is 2.28. The quantitative estimate of drug-likeness (QED) is 0.621. The fraction of sp³-hybridized carbons (Fsp3) is 0.889. The first kappa shape index (κ1) is 8.72. The SMILES string of the molecule is CC(C)(C)C(=O)C1CC(N)C1. The molecule has 2 heteroatoms. The van der Waals surface area contributed by atoms with Crippen LogP contribution in [0.1, 0.15) is 33.6 Å². The number of carbonyl (C=O) groups excluding carboxylic acids is 1. The third kappa shape index (κ3) is 1.80. The molecule has 0 aromatic heterocycles. The van der Waals surface area contributed by atoms with E-state index in [0.717, 1.165) is 12.8 Å². The third-order valence-electron chi connectivity index (χ3n) is 2.28. The van der Waals surface area contributed by atoms with Crippen molar-refractivity contribution in [3.63, 3.8) is 0 Å². The van der Waals surface area contributed by atoms with E-state index in [0.29, 0.717) is 5.78 Å². The number of nitrogens with two attached hydrogens (primary N) is 1. The van der Waals surface area contributed by atoms with Crippen molar-refractivity contribution < 1.29 is 4.79 Å². The van der Waals surface area contributed by atoms with Gasteiger partial charge in [-0.3, -0.25) is 4.79 Å². The van der Waals surface area contributed by atoms with E-state index < -0.39 is 0 Å². The Labute approximate surface area is 68.2 Å². The summed E-state index contributed by atoms with van der Waals surface area (Å²) in [6, 6.07) is 0.284. The van der Waals surface area contributed by atoms with E-state index in [1.165, 1.54) is 0 Å². The molecule has 1 fully saturated rings. The first-order valence-electron chi connectivity index (χ1n) is 4.21. The number of hydrogen-bond donors (Lipinski definition) is 1. The Morgan fingerprint density at radius 1 is 1.36 bits per heavy atom. The van der Waals surface area contributed by atoms with Gasteiger partial charge in [0, 0.05) is 17.4 Å². The molecule has 1 aliphatic rings. The van der Waals surface area contributed by atoms with Crippen LogP contribution in [0, 0.1) is 11.3 Å². The van der Waals surface area contributed by atoms with Crippen LogP contribution in [0.3, 0.4) is 0 Å². The lowest BCUT2D eigenvalue weighted by atomic mass is 9.71. The highest BCUT2D eigenvalue weighted by Crippen LogP contribution is 2.32. The van der Waals surface area contributed by atoms with Crippen LogP contribution >= 0.6 is 0 Å². The molecule has 0 aromatic carbocycles. The van der Waals surface area contributed by atoms with Gasteiger partial charge in [-0.05, 0) is 12.8 Å². The van der Waals surface area contributed by atoms with Gasteiger partial charge >= 0.3 is 0 Å². The highest BCUT2D eigenvalue weighted by molar-refractivity contribution is 5.86. The molecule has 0 atom stereocenters. The fourth-order valence-corrected chi connectivity index (χ4v) is 1.49. The molecule has 1 aliphatic carbocycles. The monoisotopic (exact) mass is 155 g/mol. The summed E-state index contributed by atoms with van der Waals surface area (Å²) in [6.45, 7) is 5.91. The standard InChI is InChI=1S/C9H17NO/c1-9(2,3)8(11)6-4-7(10)5-6/h6-7H,4-5,10H2,1-3H3. The van der Waals surface area contributed by atoms with Gasteiger partial charge in [-0.15, -0.1) is 0 Å². The Morgan fingerprint density at radius 3 is 2.09 bits per heavy atom. The van der Waals surface area contributed by atoms with Crippen molar-refractivity contribution in [2.75, 3.05) is 0 Å². The lowest BCUT2D eigenvalue weighted by molar-refractivity contribution is -0.133. The van der Waals surface area contributed by atoms with E-state index in [-0.39, 0.29) is 17.4 Å². The number of rotatable bonds is 1. The predicted octanol–water partition coefficient (Wildman–Crippen LogP) is 1.34. The Balaban J connectivity index is 2.45. The number of carbonyl (C=O) groups is 1. The zero-order chi connectivity index (χ0) is 8.65. The number of hydrogen-bond acceptors (Lipinski definition) is 2. The Kier molecular flexibility index (Phi) is 2.06. The van der Waals surface area contributed by atoms with Crippen molar-refractivity contribution in [2.45, 2.75) is 39.7 Å². The number of ketones is 1. The summed E-state index contributed by atoms with van der Waals surface area (Å²) in [5.41, 5.74) is 5.42. The zero-order valence-electron chi connectivity index (χ0n) is 7.55. The van der Waals surface area contributed by atoms with Gasteiger partial charge < -0.3 is 5.73 Å². The van der Waals surface area contributed by atoms with Crippen LogP contribution in [-0.2, 0) is 4.79 Å². The molecule has 1 rings (SSSR count). The highest BCUT2D eigenvalue weighted by atomic mass is 16.1. The highest BCUT2D eigenvalue weighted by Gasteiger charge is 2.37. The Morgan fingerprint density at radius 2 is 1.82 bits per heavy atom. The molecule has 0 aromatic rings. The van der Waals surface area contributed by atoms with Gasteiger partial charge in [-0.2, -0.15) is 0 Å². The second kappa shape index (κ2) is 2.59. The summed E-state index contributed by atoms with van der Waals surface area (Å²) in [5.74, 6) is 0.629. The van der Waals surface area contributed by atoms with Crippen LogP contribution in [0.5, 0.6) is 0 Å². The minimum Gasteiger partial charge on any atom is -0.328 e. The normalized spacial score (nSPS) is 31.3. The average molecular weight is 155 g/mol. The van der Waals surface area contributed by atoms with Gasteiger partial charge in [0.05, 0.1) is 0 Å². The van der Waals surface area contributed by atoms with Crippen molar-refractivity contribution in [3.8, 4) is 0 Å². The summed E-state index contributed by atoms with van der Waals surface area (Å²) in [6.07, 6.45) is 1.80. The maximum atomic E-state index is 11.5. The van der Waals surface area contributed by atoms with Crippen molar-refractivity contribution in [1.82, 2.24) is 0 Å². The fourth-order valence-electron chi connectivity index (χ4n) is 1.49. The molecule has 0 unspecified atom stereocenters. The van der Waals surface area contributed by atoms with E-state index in [9.17, 15) is 4.79 Å². The molecule has 0 saturated heterocycles. The largest absolute Gasteiger partial charge is 0.328 e. The van der Waals surface area contributed by atoms with E-state index in [1.54, 1.807) is 0 Å². The van der Waals surface area contributed by atoms with Crippen molar-refractivity contribution >= 4 is 5.78 Å². The van der Waals surface area contributed by atoms with Crippen LogP contribution in [0.4, 0.5) is 0 Å². The van der Waals surface area contributed by atoms with Crippen molar-refractivity contribution in [3.05, 3.63) is 0 Å². The molecule has 0 spiro atoms. The summed E-state index contributed by atoms with van der Waals surface area (Å²) in [4.78, 5) is 11.5. The topological polar surface area (TPSA) is 43.1 Å². The van der Waals surface area contributed by atoms with Gasteiger partial charge in [0.25, 0.3) is 0 Å². The van der Waals surface area contributed by atoms with E-state index in [1.807, 2.05) is 20.8 Å². The number of Topliss-reactive ketones (excluding diaryl/α,β-unsaturated/α-hetero) is 1. The van der Waals surface area contributed by atoms with Gasteiger partial charge in [-0.25, -0.2) is 0 Å². The van der Waals surface area contributed by atoms with Crippen molar-refractivity contribution in [1.29, 1.82) is 0 Å². The predicted molar refractivity (Wildman–Crippen MR) is 45.2 cm³/mol. The molecule has 0 heterocycles. The lowest BCUT2D eigenvalue weighted by Crippen LogP contribution is -2.44. The first-order valence-corrected chi connectivity index (χ1v) is 4.21. The summed E-state index contributed by atoms with van der Waals surface area (Å²) in [7, 11) is 0. The maximum absolute atomic E-state index is 11.5. The van der Waals surface area contributed by atoms with Crippen LogP contribution in [0.15, 0.2) is 0 Å². The molecular formula is C9H17NO. The van der Waals surface area contributed by atoms with Gasteiger partial charge in [-0.1, -0.05) is 20.8 Å². The van der Waals surface area contributed by atoms with Gasteiger partial charge in [0.1, 0.15) is 5.78 Å². The molecule has 2 nitrogen and oxygen atoms in total. The van der Waals surface area contributed by atoms with Gasteiger partial charge in [0.15, 0.2) is 0 Å². The second-order valence-corrected chi connectivity index (χ2v) is 4.54. The summed E-state index contributed by atoms with van der Waals surface area (Å²) < 4.78 is 0. The molecule has 0 amide bonds. The minimum atomic E-state index is -0.176. The molecule has 11 heavy (non-hydrogen) atoms. The average Bonchev–Trinajstić information content (AvgIpc) is 1.77. The molecular weight excluding hydrogens is 138 g/mol. The second-order valence-electron chi connectivity index (χ2n) is 4.54. The molecule has 64 valence electrons. The van der Waals surface area contributed by atoms with Crippen LogP contribution < -0.4 is 5.73 Å². The minimum absolute atomic E-state index is 0.176. The van der Waals surface area contributed by atoms with E-state index >= 15 is 0 Å². The van der Waals surface area contributed by atoms with Crippen LogP contribution in [0.2, 0.25) is 0 Å². The molecule has 2 N–H and O–H groups in total. The zero-order valence-corrected chi connectivity index (χ0v) is 7.55. The van der Waals surface area contributed by atoms with Gasteiger partial charge in [0.2, 0.25) is 0 Å². The summed E-state index contributed by atoms with van der Waals surface area (Å²) in [5, 5.41) is 0. The van der Waals surface area contributed by atoms with E-state index in [2.05, 4.69) is 0 Å².